The predicted octanol–water partition coefficient (Wildman–Crippen LogP) is 0.520. The van der Waals surface area contributed by atoms with Gasteiger partial charge in [-0.15, -0.1) is 11.8 Å². The Labute approximate surface area is 110 Å². The molecule has 0 radical (unpaired) electrons. The molecule has 0 saturated carbocycles. The lowest BCUT2D eigenvalue weighted by molar-refractivity contribution is -0.117. The fourth-order valence-electron chi connectivity index (χ4n) is 1.95. The van der Waals surface area contributed by atoms with Crippen LogP contribution in [0.25, 0.3) is 0 Å². The summed E-state index contributed by atoms with van der Waals surface area (Å²) >= 11 is 1.48. The quantitative estimate of drug-likeness (QED) is 0.742. The first-order chi connectivity index (χ1) is 8.71. The molecular weight excluding hydrogens is 252 g/mol. The maximum absolute atomic E-state index is 12.0. The Morgan fingerprint density at radius 3 is 2.78 bits per heavy atom. The molecule has 0 aromatic heterocycles. The van der Waals surface area contributed by atoms with E-state index in [1.807, 2.05) is 18.2 Å². The van der Waals surface area contributed by atoms with Crippen molar-refractivity contribution in [1.29, 1.82) is 0 Å². The fraction of sp³-hybridized carbons (Fsp3) is 0.417. The van der Waals surface area contributed by atoms with Crippen molar-refractivity contribution in [3.05, 3.63) is 18.2 Å². The van der Waals surface area contributed by atoms with Gasteiger partial charge in [0.25, 0.3) is 0 Å². The first kappa shape index (κ1) is 13.2. The third-order valence-corrected chi connectivity index (χ3v) is 3.96. The summed E-state index contributed by atoms with van der Waals surface area (Å²) < 4.78 is 0. The van der Waals surface area contributed by atoms with E-state index in [1.165, 1.54) is 16.7 Å². The minimum Gasteiger partial charge on any atom is -0.394 e. The lowest BCUT2D eigenvalue weighted by Crippen LogP contribution is -2.47. The maximum Gasteiger partial charge on any atom is 0.237 e. The standard InChI is InChI=1S/C12H16N2O3S/c1-13-8-2-3-11-10(4-8)14(9(5-15)6-16)12(17)7-18-11/h2-4,9,13,15-16H,5-7H2,1H3. The second kappa shape index (κ2) is 5.60. The fourth-order valence-corrected chi connectivity index (χ4v) is 2.84. The number of thioether (sulfide) groups is 1. The molecule has 1 aromatic rings. The van der Waals surface area contributed by atoms with Gasteiger partial charge in [0.05, 0.1) is 30.7 Å². The molecule has 0 saturated heterocycles. The van der Waals surface area contributed by atoms with E-state index in [4.69, 9.17) is 0 Å². The summed E-state index contributed by atoms with van der Waals surface area (Å²) in [6, 6.07) is 5.16. The highest BCUT2D eigenvalue weighted by molar-refractivity contribution is 8.00. The van der Waals surface area contributed by atoms with E-state index >= 15 is 0 Å². The van der Waals surface area contributed by atoms with Crippen LogP contribution in [-0.2, 0) is 4.79 Å². The number of amides is 1. The number of benzene rings is 1. The third kappa shape index (κ3) is 2.31. The molecule has 1 heterocycles. The molecule has 0 fully saturated rings. The van der Waals surface area contributed by atoms with Gasteiger partial charge in [-0.05, 0) is 18.2 Å². The van der Waals surface area contributed by atoms with E-state index in [9.17, 15) is 15.0 Å². The van der Waals surface area contributed by atoms with Gasteiger partial charge in [0.1, 0.15) is 0 Å². The number of nitrogens with zero attached hydrogens (tertiary/aromatic N) is 1. The topological polar surface area (TPSA) is 72.8 Å². The SMILES string of the molecule is CNc1ccc2c(c1)N(C(CO)CO)C(=O)CS2. The summed E-state index contributed by atoms with van der Waals surface area (Å²) in [7, 11) is 1.80. The lowest BCUT2D eigenvalue weighted by Gasteiger charge is -2.34. The minimum atomic E-state index is -0.579. The summed E-state index contributed by atoms with van der Waals surface area (Å²) in [5.41, 5.74) is 1.64. The van der Waals surface area contributed by atoms with Gasteiger partial charge in [-0.1, -0.05) is 0 Å². The highest BCUT2D eigenvalue weighted by atomic mass is 32.2. The van der Waals surface area contributed by atoms with Crippen molar-refractivity contribution < 1.29 is 15.0 Å². The Bertz CT molecular complexity index is 449. The maximum atomic E-state index is 12.0. The molecule has 0 unspecified atom stereocenters. The van der Waals surface area contributed by atoms with Crippen LogP contribution in [0.5, 0.6) is 0 Å². The van der Waals surface area contributed by atoms with Crippen LogP contribution in [0.1, 0.15) is 0 Å². The second-order valence-corrected chi connectivity index (χ2v) is 5.02. The molecule has 5 nitrogen and oxygen atoms in total. The predicted molar refractivity (Wildman–Crippen MR) is 72.2 cm³/mol. The van der Waals surface area contributed by atoms with Crippen LogP contribution in [0, 0.1) is 0 Å². The van der Waals surface area contributed by atoms with Crippen molar-refractivity contribution in [2.24, 2.45) is 0 Å². The molecular formula is C12H16N2O3S. The van der Waals surface area contributed by atoms with Gasteiger partial charge >= 0.3 is 0 Å². The zero-order valence-corrected chi connectivity index (χ0v) is 10.9. The Hall–Kier alpha value is -1.24. The van der Waals surface area contributed by atoms with E-state index in [1.54, 1.807) is 7.05 Å². The molecule has 1 aliphatic heterocycles. The van der Waals surface area contributed by atoms with Gasteiger partial charge < -0.3 is 20.4 Å². The number of carbonyl (C=O) groups excluding carboxylic acids is 1. The molecule has 3 N–H and O–H groups in total. The summed E-state index contributed by atoms with van der Waals surface area (Å²) in [5.74, 6) is 0.247. The number of carbonyl (C=O) groups is 1. The Balaban J connectivity index is 2.44. The van der Waals surface area contributed by atoms with Crippen LogP contribution in [0.2, 0.25) is 0 Å². The van der Waals surface area contributed by atoms with E-state index < -0.39 is 6.04 Å². The average molecular weight is 268 g/mol. The van der Waals surface area contributed by atoms with Crippen LogP contribution in [-0.4, -0.2) is 48.2 Å². The van der Waals surface area contributed by atoms with Crippen LogP contribution >= 0.6 is 11.8 Å². The largest absolute Gasteiger partial charge is 0.394 e. The van der Waals surface area contributed by atoms with Gasteiger partial charge in [-0.25, -0.2) is 0 Å². The third-order valence-electron chi connectivity index (χ3n) is 2.91. The van der Waals surface area contributed by atoms with Crippen molar-refractivity contribution >= 4 is 29.0 Å². The van der Waals surface area contributed by atoms with Gasteiger partial charge in [0.2, 0.25) is 5.91 Å². The van der Waals surface area contributed by atoms with Gasteiger partial charge in [-0.2, -0.15) is 0 Å². The first-order valence-corrected chi connectivity index (χ1v) is 6.68. The Morgan fingerprint density at radius 1 is 1.44 bits per heavy atom. The van der Waals surface area contributed by atoms with E-state index in [0.29, 0.717) is 5.75 Å². The summed E-state index contributed by atoms with van der Waals surface area (Å²) in [6.07, 6.45) is 0. The van der Waals surface area contributed by atoms with Crippen molar-refractivity contribution in [3.8, 4) is 0 Å². The number of hydrogen-bond donors (Lipinski definition) is 3. The zero-order valence-electron chi connectivity index (χ0n) is 10.1. The van der Waals surface area contributed by atoms with Gasteiger partial charge in [0.15, 0.2) is 0 Å². The molecule has 18 heavy (non-hydrogen) atoms. The van der Waals surface area contributed by atoms with E-state index in [2.05, 4.69) is 5.32 Å². The molecule has 1 aromatic carbocycles. The number of aliphatic hydroxyl groups is 2. The van der Waals surface area contributed by atoms with Gasteiger partial charge in [-0.3, -0.25) is 4.79 Å². The lowest BCUT2D eigenvalue weighted by atomic mass is 10.2. The highest BCUT2D eigenvalue weighted by Gasteiger charge is 2.30. The molecule has 1 amide bonds. The van der Waals surface area contributed by atoms with Crippen molar-refractivity contribution in [2.75, 3.05) is 36.2 Å². The number of anilines is 2. The van der Waals surface area contributed by atoms with Gasteiger partial charge in [0, 0.05) is 17.6 Å². The average Bonchev–Trinajstić information content (AvgIpc) is 2.41. The molecule has 1 aliphatic rings. The van der Waals surface area contributed by atoms with E-state index in [0.717, 1.165) is 16.3 Å². The Kier molecular flexibility index (Phi) is 4.11. The molecule has 0 spiro atoms. The number of fused-ring (bicyclic) bond motifs is 1. The Morgan fingerprint density at radius 2 is 2.17 bits per heavy atom. The number of nitrogens with one attached hydrogen (secondary N) is 1. The first-order valence-electron chi connectivity index (χ1n) is 5.69. The van der Waals surface area contributed by atoms with Crippen LogP contribution in [0.4, 0.5) is 11.4 Å². The molecule has 0 atom stereocenters. The summed E-state index contributed by atoms with van der Waals surface area (Å²) in [6.45, 7) is -0.508. The number of rotatable bonds is 4. The number of aliphatic hydroxyl groups excluding tert-OH is 2. The molecule has 0 aliphatic carbocycles. The zero-order chi connectivity index (χ0) is 13.1. The summed E-state index contributed by atoms with van der Waals surface area (Å²) in [4.78, 5) is 14.5. The molecule has 98 valence electrons. The van der Waals surface area contributed by atoms with Crippen molar-refractivity contribution in [2.45, 2.75) is 10.9 Å². The van der Waals surface area contributed by atoms with Crippen LogP contribution in [0.3, 0.4) is 0 Å². The monoisotopic (exact) mass is 268 g/mol. The van der Waals surface area contributed by atoms with Crippen molar-refractivity contribution in [3.63, 3.8) is 0 Å². The normalized spacial score (nSPS) is 14.9. The molecule has 0 bridgehead atoms. The summed E-state index contributed by atoms with van der Waals surface area (Å²) in [5, 5.41) is 21.6. The van der Waals surface area contributed by atoms with Crippen LogP contribution in [0.15, 0.2) is 23.1 Å². The number of hydrogen-bond acceptors (Lipinski definition) is 5. The molecule has 6 heteroatoms. The van der Waals surface area contributed by atoms with Crippen LogP contribution < -0.4 is 10.2 Å². The minimum absolute atomic E-state index is 0.0890. The highest BCUT2D eigenvalue weighted by Crippen LogP contribution is 2.38. The smallest absolute Gasteiger partial charge is 0.237 e. The van der Waals surface area contributed by atoms with Crippen molar-refractivity contribution in [1.82, 2.24) is 0 Å². The van der Waals surface area contributed by atoms with E-state index in [-0.39, 0.29) is 19.1 Å². The second-order valence-electron chi connectivity index (χ2n) is 4.00. The molecule has 2 rings (SSSR count).